The van der Waals surface area contributed by atoms with E-state index in [9.17, 15) is 0 Å². The van der Waals surface area contributed by atoms with Crippen molar-refractivity contribution in [3.05, 3.63) is 59.7 Å². The Balaban J connectivity index is 1.35. The third-order valence-corrected chi connectivity index (χ3v) is 6.08. The smallest absolute Gasteiger partial charge is 0.161 e. The van der Waals surface area contributed by atoms with Crippen LogP contribution in [-0.2, 0) is 6.61 Å². The second-order valence-electron chi connectivity index (χ2n) is 7.58. The molecule has 2 atom stereocenters. The van der Waals surface area contributed by atoms with Crippen molar-refractivity contribution in [2.75, 3.05) is 20.2 Å². The Morgan fingerprint density at radius 3 is 2.67 bits per heavy atom. The molecule has 140 valence electrons. The first-order valence-electron chi connectivity index (χ1n) is 9.75. The SMILES string of the molecule is COc1cc(C2NN=C3C4CCN(CC4)C32)ccc1OCc1ccccc1. The van der Waals surface area contributed by atoms with E-state index in [-0.39, 0.29) is 6.04 Å². The van der Waals surface area contributed by atoms with Gasteiger partial charge in [0, 0.05) is 5.92 Å². The summed E-state index contributed by atoms with van der Waals surface area (Å²) in [5.41, 5.74) is 7.09. The first-order chi connectivity index (χ1) is 13.3. The lowest BCUT2D eigenvalue weighted by Crippen LogP contribution is -2.56. The van der Waals surface area contributed by atoms with Gasteiger partial charge in [0.05, 0.1) is 24.9 Å². The van der Waals surface area contributed by atoms with E-state index >= 15 is 0 Å². The van der Waals surface area contributed by atoms with Crippen molar-refractivity contribution >= 4 is 5.71 Å². The van der Waals surface area contributed by atoms with Gasteiger partial charge < -0.3 is 14.9 Å². The number of methoxy groups -OCH3 is 1. The van der Waals surface area contributed by atoms with Gasteiger partial charge in [-0.3, -0.25) is 4.90 Å². The summed E-state index contributed by atoms with van der Waals surface area (Å²) in [6.07, 6.45) is 2.50. The van der Waals surface area contributed by atoms with Gasteiger partial charge in [0.1, 0.15) is 6.61 Å². The number of ether oxygens (including phenoxy) is 2. The van der Waals surface area contributed by atoms with E-state index in [0.29, 0.717) is 18.6 Å². The molecule has 3 fully saturated rings. The lowest BCUT2D eigenvalue weighted by molar-refractivity contribution is 0.133. The fourth-order valence-electron chi connectivity index (χ4n) is 4.64. The number of piperidine rings is 3. The topological polar surface area (TPSA) is 46.1 Å². The van der Waals surface area contributed by atoms with Crippen LogP contribution < -0.4 is 14.9 Å². The summed E-state index contributed by atoms with van der Waals surface area (Å²) in [6, 6.07) is 17.0. The van der Waals surface area contributed by atoms with Crippen molar-refractivity contribution < 1.29 is 9.47 Å². The van der Waals surface area contributed by atoms with Gasteiger partial charge in [0.25, 0.3) is 0 Å². The zero-order valence-electron chi connectivity index (χ0n) is 15.6. The molecule has 0 aliphatic carbocycles. The fourth-order valence-corrected chi connectivity index (χ4v) is 4.64. The van der Waals surface area contributed by atoms with Crippen LogP contribution in [-0.4, -0.2) is 36.9 Å². The van der Waals surface area contributed by atoms with Crippen molar-refractivity contribution in [1.29, 1.82) is 0 Å². The normalized spacial score (nSPS) is 28.3. The van der Waals surface area contributed by atoms with E-state index in [1.54, 1.807) is 7.11 Å². The number of fused-ring (bicyclic) bond motifs is 2. The van der Waals surface area contributed by atoms with Crippen LogP contribution in [0.25, 0.3) is 0 Å². The summed E-state index contributed by atoms with van der Waals surface area (Å²) >= 11 is 0. The van der Waals surface area contributed by atoms with Crippen molar-refractivity contribution in [2.24, 2.45) is 11.0 Å². The summed E-state index contributed by atoms with van der Waals surface area (Å²) in [4.78, 5) is 2.58. The Bertz CT molecular complexity index is 844. The summed E-state index contributed by atoms with van der Waals surface area (Å²) in [5.74, 6) is 2.21. The molecule has 2 aromatic carbocycles. The van der Waals surface area contributed by atoms with Gasteiger partial charge in [-0.15, -0.1) is 0 Å². The lowest BCUT2D eigenvalue weighted by Gasteiger charge is -2.45. The number of benzene rings is 2. The lowest BCUT2D eigenvalue weighted by atomic mass is 9.78. The Morgan fingerprint density at radius 2 is 1.89 bits per heavy atom. The van der Waals surface area contributed by atoms with Crippen LogP contribution in [0.5, 0.6) is 11.5 Å². The molecular formula is C22H25N3O2. The zero-order valence-corrected chi connectivity index (χ0v) is 15.6. The maximum atomic E-state index is 6.00. The number of rotatable bonds is 5. The van der Waals surface area contributed by atoms with Gasteiger partial charge in [0.15, 0.2) is 11.5 Å². The maximum absolute atomic E-state index is 6.00. The molecule has 4 aliphatic rings. The van der Waals surface area contributed by atoms with Crippen molar-refractivity contribution in [3.63, 3.8) is 0 Å². The van der Waals surface area contributed by atoms with E-state index < -0.39 is 0 Å². The number of hydrazone groups is 1. The Morgan fingerprint density at radius 1 is 1.07 bits per heavy atom. The predicted octanol–water partition coefficient (Wildman–Crippen LogP) is 3.37. The van der Waals surface area contributed by atoms with E-state index in [1.165, 1.54) is 37.2 Å². The first-order valence-corrected chi connectivity index (χ1v) is 9.75. The van der Waals surface area contributed by atoms with Crippen molar-refractivity contribution in [2.45, 2.75) is 31.5 Å². The van der Waals surface area contributed by atoms with Crippen molar-refractivity contribution in [3.8, 4) is 11.5 Å². The molecule has 3 saturated heterocycles. The molecule has 2 unspecified atom stereocenters. The number of nitrogens with one attached hydrogen (secondary N) is 1. The second kappa shape index (κ2) is 6.89. The molecule has 2 aromatic rings. The van der Waals surface area contributed by atoms with E-state index in [0.717, 1.165) is 17.1 Å². The molecule has 5 nitrogen and oxygen atoms in total. The Hall–Kier alpha value is -2.53. The molecule has 2 bridgehead atoms. The fraction of sp³-hybridized carbons (Fsp3) is 0.409. The highest BCUT2D eigenvalue weighted by atomic mass is 16.5. The molecule has 0 radical (unpaired) electrons. The van der Waals surface area contributed by atoms with Gasteiger partial charge in [-0.1, -0.05) is 36.4 Å². The largest absolute Gasteiger partial charge is 0.493 e. The first kappa shape index (κ1) is 16.6. The van der Waals surface area contributed by atoms with E-state index in [4.69, 9.17) is 14.6 Å². The number of nitrogens with zero attached hydrogens (tertiary/aromatic N) is 2. The van der Waals surface area contributed by atoms with E-state index in [2.05, 4.69) is 34.6 Å². The van der Waals surface area contributed by atoms with Gasteiger partial charge in [-0.2, -0.15) is 5.10 Å². The van der Waals surface area contributed by atoms with Gasteiger partial charge in [-0.05, 0) is 49.2 Å². The van der Waals surface area contributed by atoms with Crippen LogP contribution in [0, 0.1) is 5.92 Å². The summed E-state index contributed by atoms with van der Waals surface area (Å²) in [6.45, 7) is 2.90. The van der Waals surface area contributed by atoms with E-state index in [1.807, 2.05) is 24.3 Å². The molecule has 4 aliphatic heterocycles. The quantitative estimate of drug-likeness (QED) is 0.885. The minimum Gasteiger partial charge on any atom is -0.493 e. The minimum atomic E-state index is 0.195. The molecule has 4 heterocycles. The maximum Gasteiger partial charge on any atom is 0.161 e. The molecule has 1 N–H and O–H groups in total. The second-order valence-corrected chi connectivity index (χ2v) is 7.58. The average molecular weight is 363 g/mol. The summed E-state index contributed by atoms with van der Waals surface area (Å²) < 4.78 is 11.6. The van der Waals surface area contributed by atoms with Crippen LogP contribution in [0.3, 0.4) is 0 Å². The van der Waals surface area contributed by atoms with Crippen molar-refractivity contribution in [1.82, 2.24) is 10.3 Å². The molecule has 6 rings (SSSR count). The molecule has 27 heavy (non-hydrogen) atoms. The van der Waals surface area contributed by atoms with Crippen LogP contribution >= 0.6 is 0 Å². The van der Waals surface area contributed by atoms with Crippen LogP contribution in [0.1, 0.15) is 30.0 Å². The van der Waals surface area contributed by atoms with Gasteiger partial charge in [0.2, 0.25) is 0 Å². The summed E-state index contributed by atoms with van der Waals surface area (Å²) in [7, 11) is 1.70. The number of hydrogen-bond acceptors (Lipinski definition) is 5. The third kappa shape index (κ3) is 2.96. The number of hydrogen-bond donors (Lipinski definition) is 1. The van der Waals surface area contributed by atoms with Crippen LogP contribution in [0.15, 0.2) is 53.6 Å². The van der Waals surface area contributed by atoms with Gasteiger partial charge in [-0.25, -0.2) is 0 Å². The highest BCUT2D eigenvalue weighted by molar-refractivity contribution is 5.95. The Labute approximate surface area is 160 Å². The van der Waals surface area contributed by atoms with Gasteiger partial charge >= 0.3 is 0 Å². The monoisotopic (exact) mass is 363 g/mol. The zero-order chi connectivity index (χ0) is 18.2. The molecular weight excluding hydrogens is 338 g/mol. The molecule has 5 heteroatoms. The average Bonchev–Trinajstić information content (AvgIpc) is 3.21. The standard InChI is InChI=1S/C22H25N3O2/c1-26-19-13-17(7-8-18(19)27-14-15-5-3-2-4-6-15)21-22-20(23-24-21)16-9-11-25(22)12-10-16/h2-8,13,16,21-22,24H,9-12,14H2,1H3. The molecule has 0 aromatic heterocycles. The highest BCUT2D eigenvalue weighted by Gasteiger charge is 2.46. The molecule has 0 spiro atoms. The van der Waals surface area contributed by atoms with Crippen LogP contribution in [0.4, 0.5) is 0 Å². The highest BCUT2D eigenvalue weighted by Crippen LogP contribution is 2.40. The molecule has 0 amide bonds. The van der Waals surface area contributed by atoms with Crippen LogP contribution in [0.2, 0.25) is 0 Å². The predicted molar refractivity (Wildman–Crippen MR) is 105 cm³/mol. The third-order valence-electron chi connectivity index (χ3n) is 6.08. The minimum absolute atomic E-state index is 0.195. The summed E-state index contributed by atoms with van der Waals surface area (Å²) in [5, 5.41) is 4.71. The Kier molecular flexibility index (Phi) is 4.24. The molecule has 0 saturated carbocycles.